The summed E-state index contributed by atoms with van der Waals surface area (Å²) in [6.45, 7) is 2.37. The molecule has 1 rings (SSSR count). The monoisotopic (exact) mass is 282 g/mol. The molecule has 19 heavy (non-hydrogen) atoms. The Labute approximate surface area is 114 Å². The molecule has 0 bridgehead atoms. The highest BCUT2D eigenvalue weighted by molar-refractivity contribution is 7.11. The van der Waals surface area contributed by atoms with Crippen LogP contribution in [0, 0.1) is 0 Å². The van der Waals surface area contributed by atoms with Crippen molar-refractivity contribution in [1.82, 2.24) is 10.6 Å². The first kappa shape index (κ1) is 14.9. The molecule has 3 amide bonds. The fraction of sp³-hybridized carbons (Fsp3) is 0.250. The number of nitrogens with one attached hydrogen (secondary N) is 2. The molecule has 0 unspecified atom stereocenters. The maximum absolute atomic E-state index is 11.3. The second-order valence-corrected chi connectivity index (χ2v) is 4.82. The van der Waals surface area contributed by atoms with Gasteiger partial charge in [-0.3, -0.25) is 10.1 Å². The third kappa shape index (κ3) is 5.82. The van der Waals surface area contributed by atoms with Crippen molar-refractivity contribution in [2.24, 2.45) is 0 Å². The number of carboxylic acid groups (broad SMARTS) is 1. The third-order valence-corrected chi connectivity index (χ3v) is 3.33. The molecule has 0 atom stereocenters. The van der Waals surface area contributed by atoms with Crippen LogP contribution >= 0.6 is 11.3 Å². The Hall–Kier alpha value is -2.15. The predicted molar refractivity (Wildman–Crippen MR) is 70.9 cm³/mol. The quantitative estimate of drug-likeness (QED) is 0.709. The summed E-state index contributed by atoms with van der Waals surface area (Å²) in [6, 6.07) is 3.24. The number of thiophene rings is 1. The summed E-state index contributed by atoms with van der Waals surface area (Å²) < 4.78 is 0. The average Bonchev–Trinajstić information content (AvgIpc) is 2.82. The first-order chi connectivity index (χ1) is 9.01. The van der Waals surface area contributed by atoms with Gasteiger partial charge in [-0.1, -0.05) is 6.92 Å². The first-order valence-electron chi connectivity index (χ1n) is 5.58. The second-order valence-electron chi connectivity index (χ2n) is 3.57. The van der Waals surface area contributed by atoms with Crippen LogP contribution < -0.4 is 10.6 Å². The molecule has 102 valence electrons. The van der Waals surface area contributed by atoms with Crippen LogP contribution in [0.25, 0.3) is 0 Å². The van der Waals surface area contributed by atoms with Gasteiger partial charge in [-0.05, 0) is 18.6 Å². The number of rotatable bonds is 5. The molecule has 0 aliphatic heterocycles. The van der Waals surface area contributed by atoms with E-state index in [1.54, 1.807) is 11.3 Å². The van der Waals surface area contributed by atoms with Gasteiger partial charge in [0.25, 0.3) is 5.91 Å². The molecule has 0 aliphatic carbocycles. The summed E-state index contributed by atoms with van der Waals surface area (Å²) in [5.74, 6) is -2.03. The second kappa shape index (κ2) is 7.32. The van der Waals surface area contributed by atoms with E-state index in [0.717, 1.165) is 17.4 Å². The van der Waals surface area contributed by atoms with E-state index in [1.807, 2.05) is 24.4 Å². The highest BCUT2D eigenvalue weighted by atomic mass is 32.1. The minimum atomic E-state index is -1.25. The Morgan fingerprint density at radius 2 is 1.95 bits per heavy atom. The Morgan fingerprint density at radius 3 is 2.53 bits per heavy atom. The molecule has 1 aromatic heterocycles. The average molecular weight is 282 g/mol. The number of hydrogen-bond acceptors (Lipinski definition) is 4. The number of amides is 3. The van der Waals surface area contributed by atoms with E-state index in [0.29, 0.717) is 12.6 Å². The van der Waals surface area contributed by atoms with Gasteiger partial charge < -0.3 is 10.4 Å². The molecular weight excluding hydrogens is 268 g/mol. The van der Waals surface area contributed by atoms with Crippen LogP contribution in [-0.2, 0) is 22.6 Å². The molecule has 1 heterocycles. The SMILES string of the molecule is CCc1ccc(CNC(=O)NC(=O)/C=C/C(=O)O)s1. The van der Waals surface area contributed by atoms with E-state index in [4.69, 9.17) is 5.11 Å². The molecule has 0 aliphatic rings. The van der Waals surface area contributed by atoms with Crippen LogP contribution in [0.5, 0.6) is 0 Å². The van der Waals surface area contributed by atoms with Crippen molar-refractivity contribution in [1.29, 1.82) is 0 Å². The lowest BCUT2D eigenvalue weighted by Gasteiger charge is -2.03. The van der Waals surface area contributed by atoms with Crippen LogP contribution in [0.4, 0.5) is 4.79 Å². The first-order valence-corrected chi connectivity index (χ1v) is 6.40. The lowest BCUT2D eigenvalue weighted by Crippen LogP contribution is -2.38. The Morgan fingerprint density at radius 1 is 1.26 bits per heavy atom. The van der Waals surface area contributed by atoms with Crippen LogP contribution in [-0.4, -0.2) is 23.0 Å². The number of hydrogen-bond donors (Lipinski definition) is 3. The summed E-state index contributed by atoms with van der Waals surface area (Å²) in [4.78, 5) is 34.8. The van der Waals surface area contributed by atoms with Crippen molar-refractivity contribution in [3.63, 3.8) is 0 Å². The van der Waals surface area contributed by atoms with E-state index >= 15 is 0 Å². The number of carbonyl (C=O) groups excluding carboxylic acids is 2. The summed E-state index contributed by atoms with van der Waals surface area (Å²) in [7, 11) is 0. The van der Waals surface area contributed by atoms with E-state index in [2.05, 4.69) is 5.32 Å². The van der Waals surface area contributed by atoms with Gasteiger partial charge in [0.05, 0.1) is 6.54 Å². The smallest absolute Gasteiger partial charge is 0.328 e. The maximum atomic E-state index is 11.3. The Kier molecular flexibility index (Phi) is 5.74. The number of aryl methyl sites for hydroxylation is 1. The standard InChI is InChI=1S/C12H14N2O4S/c1-2-8-3-4-9(19-8)7-13-12(18)14-10(15)5-6-11(16)17/h3-6H,2,7H2,1H3,(H,16,17)(H2,13,14,15,18)/b6-5+. The van der Waals surface area contributed by atoms with E-state index in [9.17, 15) is 14.4 Å². The summed E-state index contributed by atoms with van der Waals surface area (Å²) in [6.07, 6.45) is 2.38. The van der Waals surface area contributed by atoms with Gasteiger partial charge in [0.2, 0.25) is 0 Å². The van der Waals surface area contributed by atoms with Crippen molar-refractivity contribution in [3.05, 3.63) is 34.0 Å². The lowest BCUT2D eigenvalue weighted by molar-refractivity contribution is -0.131. The van der Waals surface area contributed by atoms with Crippen molar-refractivity contribution >= 4 is 29.2 Å². The van der Waals surface area contributed by atoms with Crippen molar-refractivity contribution in [3.8, 4) is 0 Å². The summed E-state index contributed by atoms with van der Waals surface area (Å²) >= 11 is 1.59. The molecule has 6 nitrogen and oxygen atoms in total. The van der Waals surface area contributed by atoms with Crippen LogP contribution in [0.2, 0.25) is 0 Å². The zero-order valence-corrected chi connectivity index (χ0v) is 11.1. The Bertz CT molecular complexity index is 508. The van der Waals surface area contributed by atoms with Crippen molar-refractivity contribution in [2.75, 3.05) is 0 Å². The number of imide groups is 1. The van der Waals surface area contributed by atoms with Crippen LogP contribution in [0.1, 0.15) is 16.7 Å². The zero-order chi connectivity index (χ0) is 14.3. The fourth-order valence-corrected chi connectivity index (χ4v) is 2.12. The molecular formula is C12H14N2O4S. The molecule has 0 radical (unpaired) electrons. The topological polar surface area (TPSA) is 95.5 Å². The molecule has 1 aromatic rings. The van der Waals surface area contributed by atoms with E-state index in [1.165, 1.54) is 4.88 Å². The molecule has 0 saturated carbocycles. The number of urea groups is 1. The molecule has 7 heteroatoms. The molecule has 0 saturated heterocycles. The number of carbonyl (C=O) groups is 3. The summed E-state index contributed by atoms with van der Waals surface area (Å²) in [5.41, 5.74) is 0. The van der Waals surface area contributed by atoms with Gasteiger partial charge in [0.1, 0.15) is 0 Å². The third-order valence-electron chi connectivity index (χ3n) is 2.10. The molecule has 0 fully saturated rings. The lowest BCUT2D eigenvalue weighted by atomic mass is 10.4. The zero-order valence-electron chi connectivity index (χ0n) is 10.3. The molecule has 3 N–H and O–H groups in total. The highest BCUT2D eigenvalue weighted by Gasteiger charge is 2.05. The van der Waals surface area contributed by atoms with Gasteiger partial charge >= 0.3 is 12.0 Å². The van der Waals surface area contributed by atoms with Crippen molar-refractivity contribution < 1.29 is 19.5 Å². The maximum Gasteiger partial charge on any atom is 0.328 e. The number of carboxylic acids is 1. The minimum Gasteiger partial charge on any atom is -0.478 e. The highest BCUT2D eigenvalue weighted by Crippen LogP contribution is 2.16. The van der Waals surface area contributed by atoms with Gasteiger partial charge in [0.15, 0.2) is 0 Å². The fourth-order valence-electron chi connectivity index (χ4n) is 1.22. The van der Waals surface area contributed by atoms with E-state index < -0.39 is 17.9 Å². The predicted octanol–water partition coefficient (Wildman–Crippen LogP) is 1.28. The van der Waals surface area contributed by atoms with Gasteiger partial charge in [-0.15, -0.1) is 11.3 Å². The summed E-state index contributed by atoms with van der Waals surface area (Å²) in [5, 5.41) is 12.8. The van der Waals surface area contributed by atoms with Gasteiger partial charge in [-0.25, -0.2) is 9.59 Å². The van der Waals surface area contributed by atoms with Gasteiger partial charge in [-0.2, -0.15) is 0 Å². The molecule has 0 aromatic carbocycles. The number of aliphatic carboxylic acids is 1. The van der Waals surface area contributed by atoms with Crippen LogP contribution in [0.15, 0.2) is 24.3 Å². The van der Waals surface area contributed by atoms with Gasteiger partial charge in [0, 0.05) is 21.9 Å². The van der Waals surface area contributed by atoms with E-state index in [-0.39, 0.29) is 0 Å². The largest absolute Gasteiger partial charge is 0.478 e. The minimum absolute atomic E-state index is 0.326. The normalized spacial score (nSPS) is 10.4. The van der Waals surface area contributed by atoms with Crippen molar-refractivity contribution in [2.45, 2.75) is 19.9 Å². The molecule has 0 spiro atoms. The Balaban J connectivity index is 2.35. The van der Waals surface area contributed by atoms with Crippen LogP contribution in [0.3, 0.4) is 0 Å².